The summed E-state index contributed by atoms with van der Waals surface area (Å²) in [7, 11) is 5.12. The van der Waals surface area contributed by atoms with Gasteiger partial charge in [0.25, 0.3) is 0 Å². The standard InChI is InChI=1S/C28H33ClF2N8O3/c1-7-25(40)34-20-10-21(24(42-6)11-22(20)39-12-18(31)23(13-39)38(4)5)36-27-33-14-32-26(37-27)35-19-9-16(29)17(30)8-15(19)28(2,3)41/h7-11,14,18,23,41H,1,12-13H2,2-6H3,(H,34,40)(H2,32,33,35,36,37)/t18-,23+/m1/s1. The molecule has 14 heteroatoms. The van der Waals surface area contributed by atoms with E-state index in [-0.39, 0.29) is 35.1 Å². The highest BCUT2D eigenvalue weighted by Crippen LogP contribution is 2.40. The van der Waals surface area contributed by atoms with Gasteiger partial charge in [0.15, 0.2) is 0 Å². The first kappa shape index (κ1) is 30.9. The van der Waals surface area contributed by atoms with Gasteiger partial charge in [-0.05, 0) is 52.2 Å². The number of carbonyl (C=O) groups excluding carboxylic acids is 1. The van der Waals surface area contributed by atoms with E-state index < -0.39 is 23.5 Å². The van der Waals surface area contributed by atoms with E-state index in [1.54, 1.807) is 12.1 Å². The number of hydrogen-bond acceptors (Lipinski definition) is 10. The number of alkyl halides is 1. The molecule has 0 radical (unpaired) electrons. The lowest BCUT2D eigenvalue weighted by atomic mass is 9.96. The smallest absolute Gasteiger partial charge is 0.247 e. The lowest BCUT2D eigenvalue weighted by Crippen LogP contribution is -2.36. The Bertz CT molecular complexity index is 1480. The van der Waals surface area contributed by atoms with E-state index in [0.29, 0.717) is 35.0 Å². The number of methoxy groups -OCH3 is 1. The molecule has 1 amide bonds. The van der Waals surface area contributed by atoms with Crippen LogP contribution < -0.4 is 25.6 Å². The van der Waals surface area contributed by atoms with Crippen molar-refractivity contribution in [2.75, 3.05) is 55.1 Å². The summed E-state index contributed by atoms with van der Waals surface area (Å²) in [6, 6.07) is 5.49. The van der Waals surface area contributed by atoms with Crippen molar-refractivity contribution in [1.82, 2.24) is 19.9 Å². The number of anilines is 6. The molecule has 224 valence electrons. The molecule has 0 spiro atoms. The molecule has 2 heterocycles. The highest BCUT2D eigenvalue weighted by Gasteiger charge is 2.36. The molecule has 42 heavy (non-hydrogen) atoms. The lowest BCUT2D eigenvalue weighted by molar-refractivity contribution is -0.111. The first-order valence-electron chi connectivity index (χ1n) is 13.0. The van der Waals surface area contributed by atoms with Gasteiger partial charge < -0.3 is 35.6 Å². The summed E-state index contributed by atoms with van der Waals surface area (Å²) >= 11 is 5.99. The van der Waals surface area contributed by atoms with Crippen LogP contribution in [0.15, 0.2) is 43.2 Å². The van der Waals surface area contributed by atoms with Crippen LogP contribution in [0.1, 0.15) is 19.4 Å². The highest BCUT2D eigenvalue weighted by atomic mass is 35.5. The van der Waals surface area contributed by atoms with Crippen molar-refractivity contribution >= 4 is 52.2 Å². The van der Waals surface area contributed by atoms with Gasteiger partial charge in [0, 0.05) is 23.9 Å². The normalized spacial score (nSPS) is 16.9. The zero-order valence-electron chi connectivity index (χ0n) is 23.9. The fraction of sp³-hybridized carbons (Fsp3) is 0.357. The van der Waals surface area contributed by atoms with Gasteiger partial charge in [0.05, 0.1) is 47.4 Å². The van der Waals surface area contributed by atoms with Gasteiger partial charge >= 0.3 is 0 Å². The monoisotopic (exact) mass is 602 g/mol. The van der Waals surface area contributed by atoms with E-state index in [1.165, 1.54) is 33.4 Å². The van der Waals surface area contributed by atoms with Crippen LogP contribution in [0.25, 0.3) is 0 Å². The number of aliphatic hydroxyl groups is 1. The minimum atomic E-state index is -1.40. The molecule has 1 aliphatic rings. The van der Waals surface area contributed by atoms with Crippen LogP contribution in [0.4, 0.5) is 43.4 Å². The van der Waals surface area contributed by atoms with Crippen molar-refractivity contribution in [2.45, 2.75) is 31.7 Å². The van der Waals surface area contributed by atoms with E-state index in [1.807, 2.05) is 23.9 Å². The third-order valence-corrected chi connectivity index (χ3v) is 7.06. The molecule has 0 aliphatic carbocycles. The van der Waals surface area contributed by atoms with Gasteiger partial charge in [-0.15, -0.1) is 0 Å². The zero-order chi connectivity index (χ0) is 30.8. The Morgan fingerprint density at radius 3 is 2.40 bits per heavy atom. The number of hydrogen-bond donors (Lipinski definition) is 4. The molecular formula is C28H33ClF2N8O3. The van der Waals surface area contributed by atoms with Gasteiger partial charge in [-0.2, -0.15) is 4.98 Å². The number of carbonyl (C=O) groups is 1. The summed E-state index contributed by atoms with van der Waals surface area (Å²) in [5, 5.41) is 19.2. The predicted octanol–water partition coefficient (Wildman–Crippen LogP) is 4.60. The first-order chi connectivity index (χ1) is 19.8. The molecule has 1 fully saturated rings. The maximum atomic E-state index is 14.8. The molecule has 3 aromatic rings. The van der Waals surface area contributed by atoms with Gasteiger partial charge in [0.2, 0.25) is 17.8 Å². The summed E-state index contributed by atoms with van der Waals surface area (Å²) in [5.74, 6) is -0.553. The second kappa shape index (κ2) is 12.4. The van der Waals surface area contributed by atoms with Crippen molar-refractivity contribution < 1.29 is 23.4 Å². The topological polar surface area (TPSA) is 128 Å². The molecular weight excluding hydrogens is 570 g/mol. The molecule has 1 saturated heterocycles. The maximum absolute atomic E-state index is 14.8. The number of aromatic nitrogens is 3. The van der Waals surface area contributed by atoms with Crippen molar-refractivity contribution in [3.05, 3.63) is 59.7 Å². The lowest BCUT2D eigenvalue weighted by Gasteiger charge is -2.25. The Balaban J connectivity index is 1.67. The van der Waals surface area contributed by atoms with Crippen LogP contribution in [-0.2, 0) is 10.4 Å². The summed E-state index contributed by atoms with van der Waals surface area (Å²) in [6.07, 6.45) is 1.30. The van der Waals surface area contributed by atoms with Crippen molar-refractivity contribution in [2.24, 2.45) is 0 Å². The van der Waals surface area contributed by atoms with E-state index in [9.17, 15) is 18.7 Å². The van der Waals surface area contributed by atoms with Gasteiger partial charge in [-0.25, -0.2) is 18.7 Å². The number of rotatable bonds is 10. The molecule has 0 saturated carbocycles. The Morgan fingerprint density at radius 2 is 1.83 bits per heavy atom. The van der Waals surface area contributed by atoms with Crippen LogP contribution >= 0.6 is 11.6 Å². The summed E-state index contributed by atoms with van der Waals surface area (Å²) in [4.78, 5) is 28.6. The van der Waals surface area contributed by atoms with E-state index >= 15 is 0 Å². The first-order valence-corrected chi connectivity index (χ1v) is 13.3. The molecule has 0 bridgehead atoms. The van der Waals surface area contributed by atoms with Crippen LogP contribution in [0.5, 0.6) is 5.75 Å². The fourth-order valence-electron chi connectivity index (χ4n) is 4.63. The second-order valence-electron chi connectivity index (χ2n) is 10.5. The Kier molecular flexibility index (Phi) is 9.14. The molecule has 4 N–H and O–H groups in total. The van der Waals surface area contributed by atoms with E-state index in [2.05, 4.69) is 37.5 Å². The molecule has 2 atom stereocenters. The van der Waals surface area contributed by atoms with Gasteiger partial charge in [-0.1, -0.05) is 18.2 Å². The number of benzene rings is 2. The zero-order valence-corrected chi connectivity index (χ0v) is 24.6. The number of nitrogens with zero attached hydrogens (tertiary/aromatic N) is 5. The number of halogens is 3. The molecule has 2 aromatic carbocycles. The van der Waals surface area contributed by atoms with Crippen LogP contribution in [-0.4, -0.2) is 77.4 Å². The fourth-order valence-corrected chi connectivity index (χ4v) is 4.79. The van der Waals surface area contributed by atoms with E-state index in [4.69, 9.17) is 16.3 Å². The molecule has 11 nitrogen and oxygen atoms in total. The van der Waals surface area contributed by atoms with Crippen LogP contribution in [0, 0.1) is 5.82 Å². The Morgan fingerprint density at radius 1 is 1.17 bits per heavy atom. The van der Waals surface area contributed by atoms with Crippen molar-refractivity contribution in [3.8, 4) is 5.75 Å². The maximum Gasteiger partial charge on any atom is 0.247 e. The summed E-state index contributed by atoms with van der Waals surface area (Å²) in [6.45, 7) is 7.08. The van der Waals surface area contributed by atoms with Crippen molar-refractivity contribution in [1.29, 1.82) is 0 Å². The van der Waals surface area contributed by atoms with Crippen LogP contribution in [0.3, 0.4) is 0 Å². The predicted molar refractivity (Wildman–Crippen MR) is 159 cm³/mol. The second-order valence-corrected chi connectivity index (χ2v) is 10.9. The SMILES string of the molecule is C=CC(=O)Nc1cc(Nc2ncnc(Nc3cc(Cl)c(F)cc3C(C)(C)O)n2)c(OC)cc1N1C[C@@H](F)[C@@H](N(C)C)C1. The molecule has 1 aliphatic heterocycles. The third-order valence-electron chi connectivity index (χ3n) is 6.77. The van der Waals surface area contributed by atoms with Gasteiger partial charge in [0.1, 0.15) is 24.1 Å². The Hall–Kier alpha value is -4.07. The minimum absolute atomic E-state index is 0.0808. The largest absolute Gasteiger partial charge is 0.494 e. The number of likely N-dealkylation sites (N-methyl/N-ethyl adjacent to an activating group) is 1. The Labute approximate surface area is 247 Å². The summed E-state index contributed by atoms with van der Waals surface area (Å²) in [5.41, 5.74) is 0.527. The highest BCUT2D eigenvalue weighted by molar-refractivity contribution is 6.31. The van der Waals surface area contributed by atoms with Crippen molar-refractivity contribution in [3.63, 3.8) is 0 Å². The van der Waals surface area contributed by atoms with Gasteiger partial charge in [-0.3, -0.25) is 4.79 Å². The number of ether oxygens (including phenoxy) is 1. The van der Waals surface area contributed by atoms with E-state index in [0.717, 1.165) is 12.1 Å². The quantitative estimate of drug-likeness (QED) is 0.244. The minimum Gasteiger partial charge on any atom is -0.494 e. The number of amides is 1. The average molecular weight is 603 g/mol. The molecule has 4 rings (SSSR count). The molecule has 1 aromatic heterocycles. The molecule has 0 unspecified atom stereocenters. The third kappa shape index (κ3) is 6.86. The number of nitrogens with one attached hydrogen (secondary N) is 3. The summed E-state index contributed by atoms with van der Waals surface area (Å²) < 4.78 is 34.6. The van der Waals surface area contributed by atoms with Crippen LogP contribution in [0.2, 0.25) is 5.02 Å². The average Bonchev–Trinajstić information content (AvgIpc) is 3.32.